The predicted octanol–water partition coefficient (Wildman–Crippen LogP) is 9.99. The van der Waals surface area contributed by atoms with Gasteiger partial charge < -0.3 is 39.0 Å². The zero-order valence-corrected chi connectivity index (χ0v) is 42.6. The van der Waals surface area contributed by atoms with Crippen LogP contribution in [0.4, 0.5) is 0 Å². The number of aromatic nitrogens is 3. The molecule has 5 aliphatic rings. The monoisotopic (exact) mass is 954 g/mol. The maximum Gasteiger partial charge on any atom is 0.309 e. The summed E-state index contributed by atoms with van der Waals surface area (Å²) in [4.78, 5) is 26.9. The van der Waals surface area contributed by atoms with Crippen LogP contribution in [0.25, 0.3) is 22.4 Å². The first-order valence-corrected chi connectivity index (χ1v) is 26.1. The fraction of sp³-hybridized carbons (Fsp3) is 0.679. The molecule has 13 nitrogen and oxygen atoms in total. The number of carbonyl (C=O) groups excluding carboxylic acids is 1. The second-order valence-corrected chi connectivity index (χ2v) is 21.9. The SMILES string of the molecule is CC[C@@H](C(=O)[C@@H](C)[C@@H](O)[C@@H](C)[C@@H]1O[C@@H]([C@@H](CC)C(=O)O)CC[C@@H]1C)[C@H]1O[C@@]2(C=C[C@H](n3cc(-c4ccc(-c5ccccc5)cc4)nn3)[C@]3(CC[C@@](C)([C@H]4CC[C@](O)(CC)[C@H](C)O4)O3)O2)[C@H](C)C[C@@H]1C. The van der Waals surface area contributed by atoms with Crippen LogP contribution in [0.2, 0.25) is 0 Å². The van der Waals surface area contributed by atoms with Gasteiger partial charge in [0.1, 0.15) is 17.5 Å². The zero-order chi connectivity index (χ0) is 49.6. The topological polar surface area (TPSA) is 172 Å². The number of Topliss-reactive ketones (excluding diaryl/α,β-unsaturated/α-hetero) is 1. The average Bonchev–Trinajstić information content (AvgIpc) is 3.97. The van der Waals surface area contributed by atoms with Gasteiger partial charge in [-0.2, -0.15) is 0 Å². The summed E-state index contributed by atoms with van der Waals surface area (Å²) in [6.45, 7) is 20.0. The van der Waals surface area contributed by atoms with Gasteiger partial charge in [0.2, 0.25) is 0 Å². The normalized spacial score (nSPS) is 38.1. The van der Waals surface area contributed by atoms with Crippen LogP contribution in [0.15, 0.2) is 72.9 Å². The van der Waals surface area contributed by atoms with Gasteiger partial charge in [-0.1, -0.05) is 121 Å². The molecule has 18 atom stereocenters. The smallest absolute Gasteiger partial charge is 0.309 e. The first-order valence-electron chi connectivity index (χ1n) is 26.1. The van der Waals surface area contributed by atoms with Crippen LogP contribution < -0.4 is 0 Å². The van der Waals surface area contributed by atoms with Crippen LogP contribution in [0, 0.1) is 41.4 Å². The van der Waals surface area contributed by atoms with Gasteiger partial charge in [0, 0.05) is 35.7 Å². The zero-order valence-electron chi connectivity index (χ0n) is 42.6. The Bertz CT molecular complexity index is 2270. The summed E-state index contributed by atoms with van der Waals surface area (Å²) in [6, 6.07) is 18.0. The summed E-state index contributed by atoms with van der Waals surface area (Å²) in [5.74, 6) is -5.82. The van der Waals surface area contributed by atoms with E-state index < -0.39 is 76.8 Å². The highest BCUT2D eigenvalue weighted by Crippen LogP contribution is 2.57. The van der Waals surface area contributed by atoms with Crippen molar-refractivity contribution in [3.8, 4) is 22.4 Å². The number of rotatable bonds is 15. The highest BCUT2D eigenvalue weighted by atomic mass is 16.8. The molecule has 5 aliphatic heterocycles. The Hall–Kier alpha value is -3.82. The van der Waals surface area contributed by atoms with E-state index >= 15 is 0 Å². The van der Waals surface area contributed by atoms with Crippen LogP contribution >= 0.6 is 0 Å². The molecule has 2 aromatic carbocycles. The quantitative estimate of drug-likeness (QED) is 0.123. The molecule has 8 rings (SSSR count). The molecule has 378 valence electrons. The van der Waals surface area contributed by atoms with Gasteiger partial charge in [0.25, 0.3) is 0 Å². The molecule has 0 saturated carbocycles. The standard InChI is InChI=1S/C56H79N3O10/c1-11-42(52(62)63)45-24-19-33(4)50(66-45)37(8)48(60)36(7)49(61)43(12-2)51-34(5)31-35(6)55(67-51)28-25-46(56(69-55)30-29-53(10,68-56)47-26-27-54(64,13-3)38(9)65-47)59-32-44(57-58-59)41-22-20-40(21-23-41)39-17-15-14-16-18-39/h14-18,20-23,25,28,32-38,42-43,45-48,50-51,60,64H,11-13,19,24,26-27,29-31H2,1-10H3,(H,62,63)/t33-,34-,35+,36-,37+,38-,42+,43-,45+,46-,47+,48+,50+,51-,53-,54+,55+,56-/m0/s1. The number of ether oxygens (including phenoxy) is 5. The van der Waals surface area contributed by atoms with E-state index in [0.717, 1.165) is 23.1 Å². The predicted molar refractivity (Wildman–Crippen MR) is 263 cm³/mol. The summed E-state index contributed by atoms with van der Waals surface area (Å²) in [5, 5.41) is 42.7. The molecular formula is C56H79N3O10. The lowest BCUT2D eigenvalue weighted by Gasteiger charge is -2.55. The Morgan fingerprint density at radius 3 is 2.16 bits per heavy atom. The number of carbonyl (C=O) groups is 2. The van der Waals surface area contributed by atoms with E-state index in [1.807, 2.05) is 69.8 Å². The first kappa shape index (κ1) is 51.5. The highest BCUT2D eigenvalue weighted by Gasteiger charge is 2.64. The van der Waals surface area contributed by atoms with Gasteiger partial charge in [-0.3, -0.25) is 9.59 Å². The molecule has 2 spiro atoms. The fourth-order valence-electron chi connectivity index (χ4n) is 12.8. The highest BCUT2D eigenvalue weighted by molar-refractivity contribution is 5.84. The largest absolute Gasteiger partial charge is 0.481 e. The van der Waals surface area contributed by atoms with Crippen molar-refractivity contribution in [2.75, 3.05) is 0 Å². The van der Waals surface area contributed by atoms with Gasteiger partial charge >= 0.3 is 5.97 Å². The van der Waals surface area contributed by atoms with E-state index in [2.05, 4.69) is 75.3 Å². The maximum absolute atomic E-state index is 14.8. The maximum atomic E-state index is 14.8. The third-order valence-corrected chi connectivity index (χ3v) is 17.5. The number of carboxylic acids is 1. The lowest BCUT2D eigenvalue weighted by molar-refractivity contribution is -0.402. The molecule has 4 fully saturated rings. The fourth-order valence-corrected chi connectivity index (χ4v) is 12.8. The lowest BCUT2D eigenvalue weighted by atomic mass is 9.72. The molecule has 1 aromatic heterocycles. The number of aliphatic carboxylic acids is 1. The minimum Gasteiger partial charge on any atom is -0.481 e. The summed E-state index contributed by atoms with van der Waals surface area (Å²) in [7, 11) is 0. The second kappa shape index (κ2) is 20.4. The molecular weight excluding hydrogens is 875 g/mol. The second-order valence-electron chi connectivity index (χ2n) is 21.9. The molecule has 13 heteroatoms. The number of aliphatic hydroxyl groups is 2. The summed E-state index contributed by atoms with van der Waals surface area (Å²) in [6.07, 6.45) is 9.03. The number of hydrogen-bond acceptors (Lipinski definition) is 11. The van der Waals surface area contributed by atoms with Crippen molar-refractivity contribution >= 4 is 11.8 Å². The third-order valence-electron chi connectivity index (χ3n) is 17.5. The van der Waals surface area contributed by atoms with Crippen LogP contribution in [0.5, 0.6) is 0 Å². The Morgan fingerprint density at radius 1 is 0.826 bits per heavy atom. The molecule has 69 heavy (non-hydrogen) atoms. The van der Waals surface area contributed by atoms with Crippen molar-refractivity contribution in [2.45, 2.75) is 199 Å². The van der Waals surface area contributed by atoms with Crippen molar-refractivity contribution in [3.05, 3.63) is 72.9 Å². The van der Waals surface area contributed by atoms with Crippen molar-refractivity contribution < 1.29 is 48.6 Å². The van der Waals surface area contributed by atoms with Gasteiger partial charge in [0.15, 0.2) is 11.6 Å². The third kappa shape index (κ3) is 9.79. The number of nitrogens with zero attached hydrogens (tertiary/aromatic N) is 3. The van der Waals surface area contributed by atoms with E-state index in [1.54, 1.807) is 6.92 Å². The number of aliphatic hydroxyl groups excluding tert-OH is 1. The van der Waals surface area contributed by atoms with Gasteiger partial charge in [-0.05, 0) is 101 Å². The average molecular weight is 954 g/mol. The Balaban J connectivity index is 1.07. The molecule has 3 N–H and O–H groups in total. The van der Waals surface area contributed by atoms with Crippen LogP contribution in [-0.2, 0) is 33.3 Å². The van der Waals surface area contributed by atoms with Gasteiger partial charge in [-0.25, -0.2) is 4.68 Å². The van der Waals surface area contributed by atoms with Crippen LogP contribution in [0.3, 0.4) is 0 Å². The molecule has 0 aliphatic carbocycles. The molecule has 6 heterocycles. The Kier molecular flexibility index (Phi) is 15.2. The van der Waals surface area contributed by atoms with Crippen molar-refractivity contribution in [1.29, 1.82) is 0 Å². The Morgan fingerprint density at radius 2 is 1.51 bits per heavy atom. The van der Waals surface area contributed by atoms with Gasteiger partial charge in [0.05, 0.1) is 59.9 Å². The minimum absolute atomic E-state index is 0.00762. The molecule has 3 aromatic rings. The van der Waals surface area contributed by atoms with Crippen LogP contribution in [-0.4, -0.2) is 101 Å². The number of ketones is 1. The van der Waals surface area contributed by atoms with Crippen LogP contribution in [0.1, 0.15) is 139 Å². The van der Waals surface area contributed by atoms with E-state index in [1.165, 1.54) is 0 Å². The van der Waals surface area contributed by atoms with E-state index in [0.29, 0.717) is 63.5 Å². The van der Waals surface area contributed by atoms with E-state index in [-0.39, 0.29) is 41.8 Å². The molecule has 0 unspecified atom stereocenters. The number of carboxylic acid groups (broad SMARTS) is 1. The first-order chi connectivity index (χ1) is 32.8. The summed E-state index contributed by atoms with van der Waals surface area (Å²) >= 11 is 0. The minimum atomic E-state index is -1.27. The van der Waals surface area contributed by atoms with Gasteiger partial charge in [-0.15, -0.1) is 5.10 Å². The molecule has 0 bridgehead atoms. The number of benzene rings is 2. The van der Waals surface area contributed by atoms with E-state index in [9.17, 15) is 24.9 Å². The summed E-state index contributed by atoms with van der Waals surface area (Å²) in [5.41, 5.74) is 2.20. The molecule has 0 radical (unpaired) electrons. The lowest BCUT2D eigenvalue weighted by Crippen LogP contribution is -2.62. The van der Waals surface area contributed by atoms with Crippen molar-refractivity contribution in [2.24, 2.45) is 41.4 Å². The van der Waals surface area contributed by atoms with Crippen molar-refractivity contribution in [3.63, 3.8) is 0 Å². The molecule has 0 amide bonds. The Labute approximate surface area is 409 Å². The van der Waals surface area contributed by atoms with Crippen molar-refractivity contribution in [1.82, 2.24) is 15.0 Å². The number of hydrogen-bond donors (Lipinski definition) is 3. The summed E-state index contributed by atoms with van der Waals surface area (Å²) < 4.78 is 37.2. The van der Waals surface area contributed by atoms with E-state index in [4.69, 9.17) is 28.9 Å². The molecule has 4 saturated heterocycles.